The maximum absolute atomic E-state index is 12.4. The van der Waals surface area contributed by atoms with Gasteiger partial charge in [0.15, 0.2) is 0 Å². The molecule has 1 aromatic heterocycles. The number of benzene rings is 2. The molecule has 0 spiro atoms. The summed E-state index contributed by atoms with van der Waals surface area (Å²) in [6, 6.07) is 16.2. The molecule has 1 heterocycles. The maximum Gasteiger partial charge on any atom is 0.337 e. The van der Waals surface area contributed by atoms with Gasteiger partial charge >= 0.3 is 5.97 Å². The molecule has 3 rings (SSSR count). The number of hydrogen-bond donors (Lipinski definition) is 2. The molecule has 0 aliphatic rings. The molecule has 0 saturated carbocycles. The molecule has 0 unspecified atom stereocenters. The first-order valence-electron chi connectivity index (χ1n) is 8.67. The quantitative estimate of drug-likeness (QED) is 0.642. The molecule has 0 aliphatic carbocycles. The summed E-state index contributed by atoms with van der Waals surface area (Å²) >= 11 is 0. The van der Waals surface area contributed by atoms with E-state index in [9.17, 15) is 9.59 Å². The van der Waals surface area contributed by atoms with Gasteiger partial charge in [0.05, 0.1) is 12.7 Å². The van der Waals surface area contributed by atoms with Crippen LogP contribution in [-0.4, -0.2) is 29.0 Å². The van der Waals surface area contributed by atoms with Crippen LogP contribution in [-0.2, 0) is 11.3 Å². The molecule has 0 atom stereocenters. The Hall–Kier alpha value is -3.74. The number of nitrogens with one attached hydrogen (secondary N) is 2. The van der Waals surface area contributed by atoms with Crippen molar-refractivity contribution in [1.29, 1.82) is 0 Å². The Morgan fingerprint density at radius 3 is 2.50 bits per heavy atom. The third-order valence-electron chi connectivity index (χ3n) is 4.18. The largest absolute Gasteiger partial charge is 0.465 e. The molecule has 1 amide bonds. The van der Waals surface area contributed by atoms with Gasteiger partial charge < -0.3 is 15.4 Å². The zero-order chi connectivity index (χ0) is 19.9. The standard InChI is InChI=1S/C21H20N4O3/c1-14-5-3-4-6-16(14)12-22-20(26)18-11-19(24-13-23-18)25-17-9-7-15(8-10-17)21(27)28-2/h3-11,13H,12H2,1-2H3,(H,22,26)(H,23,24,25). The van der Waals surface area contributed by atoms with Crippen molar-refractivity contribution in [2.75, 3.05) is 12.4 Å². The molecule has 0 fully saturated rings. The Kier molecular flexibility index (Phi) is 5.96. The number of esters is 1. The number of amides is 1. The normalized spacial score (nSPS) is 10.2. The lowest BCUT2D eigenvalue weighted by Crippen LogP contribution is -2.24. The van der Waals surface area contributed by atoms with Crippen LogP contribution in [0.25, 0.3) is 0 Å². The molecule has 142 valence electrons. The predicted molar refractivity (Wildman–Crippen MR) is 105 cm³/mol. The summed E-state index contributed by atoms with van der Waals surface area (Å²) in [6.45, 7) is 2.42. The zero-order valence-corrected chi connectivity index (χ0v) is 15.6. The van der Waals surface area contributed by atoms with Gasteiger partial charge in [0.1, 0.15) is 17.8 Å². The molecule has 2 aromatic carbocycles. The van der Waals surface area contributed by atoms with Crippen LogP contribution in [0.2, 0.25) is 0 Å². The van der Waals surface area contributed by atoms with Crippen molar-refractivity contribution >= 4 is 23.4 Å². The molecule has 2 N–H and O–H groups in total. The molecule has 28 heavy (non-hydrogen) atoms. The molecule has 7 nitrogen and oxygen atoms in total. The number of aryl methyl sites for hydroxylation is 1. The van der Waals surface area contributed by atoms with Crippen LogP contribution in [0.15, 0.2) is 60.9 Å². The Labute approximate surface area is 162 Å². The Morgan fingerprint density at radius 1 is 1.04 bits per heavy atom. The van der Waals surface area contributed by atoms with E-state index in [1.807, 2.05) is 31.2 Å². The van der Waals surface area contributed by atoms with Gasteiger partial charge in [0, 0.05) is 18.3 Å². The summed E-state index contributed by atoms with van der Waals surface area (Å²) in [5, 5.41) is 5.95. The highest BCUT2D eigenvalue weighted by Crippen LogP contribution is 2.16. The van der Waals surface area contributed by atoms with E-state index in [0.29, 0.717) is 17.9 Å². The van der Waals surface area contributed by atoms with Crippen molar-refractivity contribution < 1.29 is 14.3 Å². The number of carbonyl (C=O) groups is 2. The third kappa shape index (κ3) is 4.70. The fourth-order valence-corrected chi connectivity index (χ4v) is 2.58. The number of aromatic nitrogens is 2. The van der Waals surface area contributed by atoms with Gasteiger partial charge in [-0.2, -0.15) is 0 Å². The lowest BCUT2D eigenvalue weighted by atomic mass is 10.1. The lowest BCUT2D eigenvalue weighted by molar-refractivity contribution is 0.0600. The van der Waals surface area contributed by atoms with Crippen LogP contribution in [0.5, 0.6) is 0 Å². The lowest BCUT2D eigenvalue weighted by Gasteiger charge is -2.09. The first-order chi connectivity index (χ1) is 13.6. The van der Waals surface area contributed by atoms with E-state index in [1.165, 1.54) is 13.4 Å². The smallest absolute Gasteiger partial charge is 0.337 e. The van der Waals surface area contributed by atoms with Crippen LogP contribution >= 0.6 is 0 Å². The number of ether oxygens (including phenoxy) is 1. The predicted octanol–water partition coefficient (Wildman–Crippen LogP) is 3.25. The molecule has 3 aromatic rings. The summed E-state index contributed by atoms with van der Waals surface area (Å²) in [5.74, 6) is -0.210. The van der Waals surface area contributed by atoms with Gasteiger partial charge in [0.25, 0.3) is 5.91 Å². The molecular formula is C21H20N4O3. The fourth-order valence-electron chi connectivity index (χ4n) is 2.58. The summed E-state index contributed by atoms with van der Waals surface area (Å²) in [5.41, 5.74) is 3.60. The second-order valence-corrected chi connectivity index (χ2v) is 6.09. The van der Waals surface area contributed by atoms with Crippen molar-refractivity contribution in [3.63, 3.8) is 0 Å². The molecule has 0 saturated heterocycles. The first kappa shape index (κ1) is 19.0. The SMILES string of the molecule is COC(=O)c1ccc(Nc2cc(C(=O)NCc3ccccc3C)ncn2)cc1. The van der Waals surface area contributed by atoms with E-state index in [-0.39, 0.29) is 11.6 Å². The minimum absolute atomic E-state index is 0.261. The van der Waals surface area contributed by atoms with Crippen LogP contribution < -0.4 is 10.6 Å². The number of methoxy groups -OCH3 is 1. The average Bonchev–Trinajstić information content (AvgIpc) is 2.73. The highest BCUT2D eigenvalue weighted by molar-refractivity contribution is 5.93. The minimum Gasteiger partial charge on any atom is -0.465 e. The first-order valence-corrected chi connectivity index (χ1v) is 8.67. The van der Waals surface area contributed by atoms with Gasteiger partial charge in [-0.05, 0) is 42.3 Å². The second kappa shape index (κ2) is 8.77. The maximum atomic E-state index is 12.4. The topological polar surface area (TPSA) is 93.2 Å². The van der Waals surface area contributed by atoms with Crippen LogP contribution in [0.4, 0.5) is 11.5 Å². The van der Waals surface area contributed by atoms with Gasteiger partial charge in [-0.3, -0.25) is 4.79 Å². The Bertz CT molecular complexity index is 987. The average molecular weight is 376 g/mol. The van der Waals surface area contributed by atoms with Crippen LogP contribution in [0.1, 0.15) is 32.0 Å². The van der Waals surface area contributed by atoms with Crippen molar-refractivity contribution in [3.8, 4) is 0 Å². The second-order valence-electron chi connectivity index (χ2n) is 6.09. The fraction of sp³-hybridized carbons (Fsp3) is 0.143. The Balaban J connectivity index is 1.65. The highest BCUT2D eigenvalue weighted by Gasteiger charge is 2.10. The zero-order valence-electron chi connectivity index (χ0n) is 15.6. The third-order valence-corrected chi connectivity index (χ3v) is 4.18. The van der Waals surface area contributed by atoms with E-state index in [2.05, 4.69) is 25.3 Å². The number of nitrogens with zero attached hydrogens (tertiary/aromatic N) is 2. The van der Waals surface area contributed by atoms with Gasteiger partial charge in [-0.1, -0.05) is 24.3 Å². The number of carbonyl (C=O) groups excluding carboxylic acids is 2. The van der Waals surface area contributed by atoms with E-state index in [4.69, 9.17) is 0 Å². The van der Waals surface area contributed by atoms with E-state index in [0.717, 1.165) is 16.8 Å². The molecule has 0 radical (unpaired) electrons. The highest BCUT2D eigenvalue weighted by atomic mass is 16.5. The summed E-state index contributed by atoms with van der Waals surface area (Å²) in [7, 11) is 1.33. The summed E-state index contributed by atoms with van der Waals surface area (Å²) in [6.07, 6.45) is 1.33. The number of rotatable bonds is 6. The van der Waals surface area contributed by atoms with Crippen molar-refractivity contribution in [2.24, 2.45) is 0 Å². The van der Waals surface area contributed by atoms with E-state index in [1.54, 1.807) is 30.3 Å². The van der Waals surface area contributed by atoms with Gasteiger partial charge in [0.2, 0.25) is 0 Å². The van der Waals surface area contributed by atoms with Crippen LogP contribution in [0.3, 0.4) is 0 Å². The molecule has 0 aliphatic heterocycles. The summed E-state index contributed by atoms with van der Waals surface area (Å²) < 4.78 is 4.67. The minimum atomic E-state index is -0.402. The van der Waals surface area contributed by atoms with Crippen molar-refractivity contribution in [3.05, 3.63) is 83.3 Å². The van der Waals surface area contributed by atoms with Crippen molar-refractivity contribution in [2.45, 2.75) is 13.5 Å². The molecular weight excluding hydrogens is 356 g/mol. The van der Waals surface area contributed by atoms with E-state index >= 15 is 0 Å². The van der Waals surface area contributed by atoms with Crippen molar-refractivity contribution in [1.82, 2.24) is 15.3 Å². The molecule has 7 heteroatoms. The van der Waals surface area contributed by atoms with Gasteiger partial charge in [-0.15, -0.1) is 0 Å². The number of anilines is 2. The van der Waals surface area contributed by atoms with Gasteiger partial charge in [-0.25, -0.2) is 14.8 Å². The number of hydrogen-bond acceptors (Lipinski definition) is 6. The van der Waals surface area contributed by atoms with E-state index < -0.39 is 5.97 Å². The van der Waals surface area contributed by atoms with Crippen LogP contribution in [0, 0.1) is 6.92 Å². The molecule has 0 bridgehead atoms. The monoisotopic (exact) mass is 376 g/mol. The summed E-state index contributed by atoms with van der Waals surface area (Å²) in [4.78, 5) is 32.1. The Morgan fingerprint density at radius 2 is 1.79 bits per heavy atom.